The summed E-state index contributed by atoms with van der Waals surface area (Å²) < 4.78 is 1.10. The molecular formula is C11H21ClOSe. The van der Waals surface area contributed by atoms with Crippen molar-refractivity contribution in [1.29, 1.82) is 0 Å². The fourth-order valence-corrected chi connectivity index (χ4v) is 3.17. The molecule has 1 nitrogen and oxygen atoms in total. The van der Waals surface area contributed by atoms with Gasteiger partial charge in [0.15, 0.2) is 0 Å². The summed E-state index contributed by atoms with van der Waals surface area (Å²) in [5.41, 5.74) is 0. The van der Waals surface area contributed by atoms with Crippen LogP contribution in [0.15, 0.2) is 9.50 Å². The first-order valence-electron chi connectivity index (χ1n) is 5.37. The Balaban J connectivity index is 3.80. The first-order chi connectivity index (χ1) is 6.76. The molecule has 84 valence electrons. The number of aliphatic hydroxyl groups excluding tert-OH is 1. The Labute approximate surface area is 99.1 Å². The van der Waals surface area contributed by atoms with Gasteiger partial charge in [0.05, 0.1) is 0 Å². The third kappa shape index (κ3) is 6.89. The summed E-state index contributed by atoms with van der Waals surface area (Å²) in [5.74, 6) is 0. The van der Waals surface area contributed by atoms with E-state index in [1.54, 1.807) is 0 Å². The summed E-state index contributed by atoms with van der Waals surface area (Å²) in [6.07, 6.45) is 5.92. The van der Waals surface area contributed by atoms with Gasteiger partial charge in [-0.2, -0.15) is 0 Å². The van der Waals surface area contributed by atoms with Gasteiger partial charge >= 0.3 is 99.0 Å². The molecule has 0 amide bonds. The number of hydrogen-bond donors (Lipinski definition) is 1. The zero-order valence-corrected chi connectivity index (χ0v) is 11.7. The first-order valence-corrected chi connectivity index (χ1v) is 7.82. The Morgan fingerprint density at radius 1 is 1.21 bits per heavy atom. The molecule has 0 bridgehead atoms. The van der Waals surface area contributed by atoms with Crippen LogP contribution in [0.3, 0.4) is 0 Å². The van der Waals surface area contributed by atoms with Crippen molar-refractivity contribution < 1.29 is 5.11 Å². The van der Waals surface area contributed by atoms with Gasteiger partial charge in [-0.3, -0.25) is 0 Å². The molecule has 0 aromatic carbocycles. The molecule has 3 heteroatoms. The van der Waals surface area contributed by atoms with Crippen LogP contribution >= 0.6 is 11.6 Å². The van der Waals surface area contributed by atoms with E-state index in [1.807, 2.05) is 0 Å². The fourth-order valence-electron chi connectivity index (χ4n) is 1.23. The van der Waals surface area contributed by atoms with Gasteiger partial charge < -0.3 is 0 Å². The van der Waals surface area contributed by atoms with E-state index in [2.05, 4.69) is 13.8 Å². The Bertz CT molecular complexity index is 169. The SMILES string of the molecule is CCCCCC/C(Cl)=C(\CO)[Se]CC. The van der Waals surface area contributed by atoms with Crippen molar-refractivity contribution in [2.24, 2.45) is 0 Å². The van der Waals surface area contributed by atoms with Crippen molar-refractivity contribution in [3.05, 3.63) is 9.50 Å². The molecule has 0 aliphatic carbocycles. The number of allylic oxidation sites excluding steroid dienone is 1. The molecule has 0 rings (SSSR count). The van der Waals surface area contributed by atoms with Gasteiger partial charge in [0, 0.05) is 0 Å². The van der Waals surface area contributed by atoms with Crippen molar-refractivity contribution >= 4 is 26.6 Å². The Morgan fingerprint density at radius 3 is 2.43 bits per heavy atom. The van der Waals surface area contributed by atoms with Gasteiger partial charge in [0.2, 0.25) is 0 Å². The van der Waals surface area contributed by atoms with E-state index in [0.717, 1.165) is 27.7 Å². The van der Waals surface area contributed by atoms with Crippen LogP contribution in [-0.4, -0.2) is 26.7 Å². The van der Waals surface area contributed by atoms with Crippen LogP contribution in [0.1, 0.15) is 46.0 Å². The molecule has 0 aliphatic rings. The van der Waals surface area contributed by atoms with Gasteiger partial charge in [0.1, 0.15) is 0 Å². The van der Waals surface area contributed by atoms with E-state index in [-0.39, 0.29) is 6.61 Å². The van der Waals surface area contributed by atoms with Gasteiger partial charge in [-0.25, -0.2) is 0 Å². The van der Waals surface area contributed by atoms with E-state index < -0.39 is 0 Å². The quantitative estimate of drug-likeness (QED) is 0.534. The van der Waals surface area contributed by atoms with E-state index in [0.29, 0.717) is 15.0 Å². The summed E-state index contributed by atoms with van der Waals surface area (Å²) in [7, 11) is 0. The van der Waals surface area contributed by atoms with Crippen molar-refractivity contribution in [2.45, 2.75) is 51.3 Å². The zero-order chi connectivity index (χ0) is 10.8. The third-order valence-corrected chi connectivity index (χ3v) is 4.81. The van der Waals surface area contributed by atoms with Gasteiger partial charge in [0.25, 0.3) is 0 Å². The van der Waals surface area contributed by atoms with Crippen molar-refractivity contribution in [1.82, 2.24) is 0 Å². The predicted octanol–water partition coefficient (Wildman–Crippen LogP) is 3.54. The average molecular weight is 284 g/mol. The molecule has 0 spiro atoms. The van der Waals surface area contributed by atoms with E-state index in [9.17, 15) is 0 Å². The number of unbranched alkanes of at least 4 members (excludes halogenated alkanes) is 3. The molecule has 0 atom stereocenters. The normalized spacial score (nSPS) is 12.9. The molecule has 0 aromatic rings. The number of halogens is 1. The van der Waals surface area contributed by atoms with Crippen LogP contribution < -0.4 is 0 Å². The summed E-state index contributed by atoms with van der Waals surface area (Å²) in [4.78, 5) is 0. The molecule has 0 unspecified atom stereocenters. The zero-order valence-electron chi connectivity index (χ0n) is 9.18. The fraction of sp³-hybridized carbons (Fsp3) is 0.818. The molecule has 0 aromatic heterocycles. The maximum atomic E-state index is 9.10. The van der Waals surface area contributed by atoms with E-state index >= 15 is 0 Å². The molecule has 0 saturated carbocycles. The monoisotopic (exact) mass is 284 g/mol. The van der Waals surface area contributed by atoms with Crippen LogP contribution in [0.4, 0.5) is 0 Å². The molecule has 0 fully saturated rings. The van der Waals surface area contributed by atoms with Crippen LogP contribution in [0.5, 0.6) is 0 Å². The average Bonchev–Trinajstić information content (AvgIpc) is 2.20. The molecule has 0 radical (unpaired) electrons. The summed E-state index contributed by atoms with van der Waals surface area (Å²) in [5, 5.41) is 11.1. The first kappa shape index (κ1) is 14.5. The molecule has 0 saturated heterocycles. The number of rotatable bonds is 8. The Morgan fingerprint density at radius 2 is 1.93 bits per heavy atom. The summed E-state index contributed by atoms with van der Waals surface area (Å²) >= 11 is 6.54. The summed E-state index contributed by atoms with van der Waals surface area (Å²) in [6, 6.07) is 0. The standard InChI is InChI=1S/C11H21ClOSe/c1-3-5-6-7-8-10(12)11(9-13)14-4-2/h13H,3-9H2,1-2H3/b11-10-. The van der Waals surface area contributed by atoms with Gasteiger partial charge in [-0.05, 0) is 0 Å². The minimum absolute atomic E-state index is 0.153. The maximum absolute atomic E-state index is 9.10. The number of hydrogen-bond acceptors (Lipinski definition) is 1. The van der Waals surface area contributed by atoms with E-state index in [4.69, 9.17) is 16.7 Å². The van der Waals surface area contributed by atoms with Crippen molar-refractivity contribution in [3.8, 4) is 0 Å². The van der Waals surface area contributed by atoms with Crippen LogP contribution in [0.2, 0.25) is 5.32 Å². The molecule has 0 aliphatic heterocycles. The second-order valence-electron chi connectivity index (χ2n) is 3.23. The second-order valence-corrected chi connectivity index (χ2v) is 6.54. The summed E-state index contributed by atoms with van der Waals surface area (Å²) in [6.45, 7) is 4.49. The topological polar surface area (TPSA) is 20.2 Å². The van der Waals surface area contributed by atoms with Gasteiger partial charge in [-0.1, -0.05) is 0 Å². The third-order valence-electron chi connectivity index (χ3n) is 2.01. The predicted molar refractivity (Wildman–Crippen MR) is 65.0 cm³/mol. The van der Waals surface area contributed by atoms with Crippen LogP contribution in [0, 0.1) is 0 Å². The minimum atomic E-state index is 0.153. The van der Waals surface area contributed by atoms with Gasteiger partial charge in [-0.15, -0.1) is 0 Å². The molecule has 1 N–H and O–H groups in total. The Kier molecular flexibility index (Phi) is 10.4. The van der Waals surface area contributed by atoms with Crippen LogP contribution in [-0.2, 0) is 0 Å². The molecule has 14 heavy (non-hydrogen) atoms. The van der Waals surface area contributed by atoms with Crippen LogP contribution in [0.25, 0.3) is 0 Å². The molecule has 0 heterocycles. The Hall–Kier alpha value is 0.509. The van der Waals surface area contributed by atoms with Crippen molar-refractivity contribution in [2.75, 3.05) is 6.61 Å². The van der Waals surface area contributed by atoms with Crippen molar-refractivity contribution in [3.63, 3.8) is 0 Å². The molecular weight excluding hydrogens is 263 g/mol. The second kappa shape index (κ2) is 10.0. The van der Waals surface area contributed by atoms with E-state index in [1.165, 1.54) is 19.3 Å². The number of aliphatic hydroxyl groups is 1.